The van der Waals surface area contributed by atoms with E-state index < -0.39 is 0 Å². The van der Waals surface area contributed by atoms with Crippen molar-refractivity contribution >= 4 is 27.5 Å². The van der Waals surface area contributed by atoms with Crippen molar-refractivity contribution in [3.05, 3.63) is 26.6 Å². The van der Waals surface area contributed by atoms with Crippen LogP contribution in [0.5, 0.6) is 0 Å². The van der Waals surface area contributed by atoms with Gasteiger partial charge in [-0.05, 0) is 49.6 Å². The predicted molar refractivity (Wildman–Crippen MR) is 103 cm³/mol. The molecule has 7 heteroatoms. The van der Waals surface area contributed by atoms with Gasteiger partial charge in [0.1, 0.15) is 10.7 Å². The van der Waals surface area contributed by atoms with Crippen LogP contribution < -0.4 is 11.3 Å². The van der Waals surface area contributed by atoms with Crippen LogP contribution in [0, 0.1) is 11.8 Å². The summed E-state index contributed by atoms with van der Waals surface area (Å²) in [5.74, 6) is 1.85. The number of nitrogens with zero attached hydrogens (tertiary/aromatic N) is 2. The Morgan fingerprint density at radius 2 is 2.27 bits per heavy atom. The summed E-state index contributed by atoms with van der Waals surface area (Å²) in [5, 5.41) is 0.775. The van der Waals surface area contributed by atoms with Gasteiger partial charge in [-0.2, -0.15) is 0 Å². The zero-order valence-electron chi connectivity index (χ0n) is 15.2. The maximum atomic E-state index is 12.6. The number of likely N-dealkylation sites (tertiary alicyclic amines) is 1. The molecule has 1 saturated heterocycles. The minimum atomic E-state index is -0.0473. The summed E-state index contributed by atoms with van der Waals surface area (Å²) in [5.41, 5.74) is 6.85. The van der Waals surface area contributed by atoms with Gasteiger partial charge in [0.25, 0.3) is 5.56 Å². The third-order valence-electron chi connectivity index (χ3n) is 5.76. The number of nitrogens with one attached hydrogen (secondary N) is 1. The van der Waals surface area contributed by atoms with Crippen LogP contribution in [-0.2, 0) is 24.1 Å². The van der Waals surface area contributed by atoms with Crippen LogP contribution in [-0.4, -0.2) is 40.4 Å². The molecule has 2 aromatic rings. The number of hydrogen-bond donors (Lipinski definition) is 2. The summed E-state index contributed by atoms with van der Waals surface area (Å²) >= 11 is 1.65. The molecule has 140 valence electrons. The second kappa shape index (κ2) is 7.12. The summed E-state index contributed by atoms with van der Waals surface area (Å²) in [6.45, 7) is 4.44. The fourth-order valence-corrected chi connectivity index (χ4v) is 5.55. The molecule has 2 aromatic heterocycles. The molecule has 2 aliphatic rings. The lowest BCUT2D eigenvalue weighted by Gasteiger charge is -2.17. The van der Waals surface area contributed by atoms with Crippen molar-refractivity contribution in [2.24, 2.45) is 17.6 Å². The molecule has 1 aliphatic heterocycles. The number of aromatic amines is 1. The summed E-state index contributed by atoms with van der Waals surface area (Å²) in [6.07, 6.45) is 4.99. The van der Waals surface area contributed by atoms with Crippen LogP contribution in [0.15, 0.2) is 4.79 Å². The van der Waals surface area contributed by atoms with E-state index in [-0.39, 0.29) is 11.5 Å². The number of nitrogens with two attached hydrogens (primary N) is 1. The molecule has 0 radical (unpaired) electrons. The van der Waals surface area contributed by atoms with Gasteiger partial charge in [0, 0.05) is 30.8 Å². The van der Waals surface area contributed by atoms with Crippen molar-refractivity contribution in [1.82, 2.24) is 14.9 Å². The van der Waals surface area contributed by atoms with Crippen molar-refractivity contribution in [2.75, 3.05) is 19.6 Å². The first-order chi connectivity index (χ1) is 12.5. The number of aromatic nitrogens is 2. The summed E-state index contributed by atoms with van der Waals surface area (Å²) in [7, 11) is 0. The van der Waals surface area contributed by atoms with Gasteiger partial charge in [-0.1, -0.05) is 6.92 Å². The van der Waals surface area contributed by atoms with Crippen LogP contribution in [0.2, 0.25) is 0 Å². The monoisotopic (exact) mass is 374 g/mol. The Labute approximate surface area is 156 Å². The minimum Gasteiger partial charge on any atom is -0.342 e. The van der Waals surface area contributed by atoms with Gasteiger partial charge in [0.15, 0.2) is 0 Å². The Balaban J connectivity index is 1.49. The van der Waals surface area contributed by atoms with E-state index in [1.807, 2.05) is 4.90 Å². The van der Waals surface area contributed by atoms with E-state index >= 15 is 0 Å². The molecule has 1 fully saturated rings. The van der Waals surface area contributed by atoms with Crippen LogP contribution in [0.3, 0.4) is 0 Å². The number of rotatable bonds is 4. The van der Waals surface area contributed by atoms with Crippen LogP contribution in [0.1, 0.15) is 42.5 Å². The number of fused-ring (bicyclic) bond motifs is 3. The van der Waals surface area contributed by atoms with Crippen LogP contribution in [0.25, 0.3) is 10.2 Å². The molecule has 1 amide bonds. The number of thiophene rings is 1. The number of carbonyl (C=O) groups is 1. The zero-order chi connectivity index (χ0) is 18.3. The molecule has 2 atom stereocenters. The number of H-pyrrole nitrogens is 1. The topological polar surface area (TPSA) is 92.1 Å². The second-order valence-electron chi connectivity index (χ2n) is 7.77. The lowest BCUT2D eigenvalue weighted by Crippen LogP contribution is -2.30. The third kappa shape index (κ3) is 3.30. The molecular weight excluding hydrogens is 348 g/mol. The van der Waals surface area contributed by atoms with Crippen molar-refractivity contribution in [3.63, 3.8) is 0 Å². The SMILES string of the molecule is CC1CCc2c(sc3nc(CCC(=O)N4CCC(CN)C4)[nH]c(=O)c23)C1. The van der Waals surface area contributed by atoms with Gasteiger partial charge in [0.05, 0.1) is 5.39 Å². The molecule has 4 rings (SSSR count). The number of amides is 1. The maximum Gasteiger partial charge on any atom is 0.259 e. The molecule has 0 aromatic carbocycles. The Kier molecular flexibility index (Phi) is 4.84. The Morgan fingerprint density at radius 3 is 3.04 bits per heavy atom. The fraction of sp³-hybridized carbons (Fsp3) is 0.632. The minimum absolute atomic E-state index is 0.0473. The molecule has 0 saturated carbocycles. The average molecular weight is 375 g/mol. The molecule has 0 bridgehead atoms. The Bertz CT molecular complexity index is 888. The van der Waals surface area contributed by atoms with E-state index in [4.69, 9.17) is 5.73 Å². The highest BCUT2D eigenvalue weighted by molar-refractivity contribution is 7.18. The highest BCUT2D eigenvalue weighted by Crippen LogP contribution is 2.35. The number of carbonyl (C=O) groups excluding carboxylic acids is 1. The third-order valence-corrected chi connectivity index (χ3v) is 6.91. The van der Waals surface area contributed by atoms with Crippen LogP contribution in [0.4, 0.5) is 0 Å². The molecule has 2 unspecified atom stereocenters. The first-order valence-corrected chi connectivity index (χ1v) is 10.4. The average Bonchev–Trinajstić information content (AvgIpc) is 3.23. The standard InChI is InChI=1S/C19H26N4O2S/c1-11-2-3-13-14(8-11)26-19-17(13)18(25)21-15(22-19)4-5-16(24)23-7-6-12(9-20)10-23/h11-12H,2-10,20H2,1H3,(H,21,22,25). The van der Waals surface area contributed by atoms with Gasteiger partial charge in [-0.3, -0.25) is 9.59 Å². The van der Waals surface area contributed by atoms with Gasteiger partial charge in [-0.15, -0.1) is 11.3 Å². The Hall–Kier alpha value is -1.73. The van der Waals surface area contributed by atoms with Crippen molar-refractivity contribution in [2.45, 2.75) is 45.4 Å². The molecule has 6 nitrogen and oxygen atoms in total. The lowest BCUT2D eigenvalue weighted by atomic mass is 9.89. The second-order valence-corrected chi connectivity index (χ2v) is 8.86. The first-order valence-electron chi connectivity index (χ1n) is 9.56. The summed E-state index contributed by atoms with van der Waals surface area (Å²) in [6, 6.07) is 0. The van der Waals surface area contributed by atoms with E-state index in [1.54, 1.807) is 11.3 Å². The van der Waals surface area contributed by atoms with Gasteiger partial charge < -0.3 is 15.6 Å². The zero-order valence-corrected chi connectivity index (χ0v) is 16.0. The lowest BCUT2D eigenvalue weighted by molar-refractivity contribution is -0.130. The predicted octanol–water partition coefficient (Wildman–Crippen LogP) is 1.85. The van der Waals surface area contributed by atoms with E-state index in [0.29, 0.717) is 37.0 Å². The van der Waals surface area contributed by atoms with E-state index in [2.05, 4.69) is 16.9 Å². The number of hydrogen-bond acceptors (Lipinski definition) is 5. The molecule has 1 aliphatic carbocycles. The van der Waals surface area contributed by atoms with Crippen molar-refractivity contribution in [1.29, 1.82) is 0 Å². The maximum absolute atomic E-state index is 12.6. The first kappa shape index (κ1) is 17.7. The summed E-state index contributed by atoms with van der Waals surface area (Å²) in [4.78, 5) is 36.6. The normalized spacial score (nSPS) is 22.8. The van der Waals surface area contributed by atoms with E-state index in [0.717, 1.165) is 49.0 Å². The van der Waals surface area contributed by atoms with Gasteiger partial charge in [-0.25, -0.2) is 4.98 Å². The molecule has 0 spiro atoms. The summed E-state index contributed by atoms with van der Waals surface area (Å²) < 4.78 is 0. The largest absolute Gasteiger partial charge is 0.342 e. The molecular formula is C19H26N4O2S. The number of aryl methyl sites for hydroxylation is 2. The fourth-order valence-electron chi connectivity index (χ4n) is 4.15. The van der Waals surface area contributed by atoms with E-state index in [1.165, 1.54) is 10.4 Å². The smallest absolute Gasteiger partial charge is 0.259 e. The van der Waals surface area contributed by atoms with Crippen LogP contribution >= 0.6 is 11.3 Å². The molecule has 26 heavy (non-hydrogen) atoms. The highest BCUT2D eigenvalue weighted by Gasteiger charge is 2.26. The van der Waals surface area contributed by atoms with Crippen molar-refractivity contribution in [3.8, 4) is 0 Å². The quantitative estimate of drug-likeness (QED) is 0.854. The van der Waals surface area contributed by atoms with Gasteiger partial charge >= 0.3 is 0 Å². The Morgan fingerprint density at radius 1 is 1.42 bits per heavy atom. The highest BCUT2D eigenvalue weighted by atomic mass is 32.1. The molecule has 3 N–H and O–H groups in total. The van der Waals surface area contributed by atoms with Crippen molar-refractivity contribution < 1.29 is 4.79 Å². The van der Waals surface area contributed by atoms with Gasteiger partial charge in [0.2, 0.25) is 5.91 Å². The van der Waals surface area contributed by atoms with E-state index in [9.17, 15) is 9.59 Å². The molecule has 3 heterocycles.